The van der Waals surface area contributed by atoms with Crippen molar-refractivity contribution in [1.82, 2.24) is 15.2 Å². The molecule has 1 aliphatic heterocycles. The number of para-hydroxylation sites is 1. The third-order valence-corrected chi connectivity index (χ3v) is 5.25. The number of rotatable bonds is 6. The molecule has 164 valence electrons. The van der Waals surface area contributed by atoms with Crippen molar-refractivity contribution < 1.29 is 23.9 Å². The van der Waals surface area contributed by atoms with Gasteiger partial charge in [0.25, 0.3) is 0 Å². The molecule has 2 heterocycles. The molecule has 0 unspecified atom stereocenters. The van der Waals surface area contributed by atoms with E-state index in [1.54, 1.807) is 25.3 Å². The Bertz CT molecular complexity index is 1210. The lowest BCUT2D eigenvalue weighted by Crippen LogP contribution is -2.47. The molecule has 8 nitrogen and oxygen atoms in total. The Morgan fingerprint density at radius 2 is 1.72 bits per heavy atom. The molecule has 8 heteroatoms. The Morgan fingerprint density at radius 1 is 1.00 bits per heavy atom. The highest BCUT2D eigenvalue weighted by molar-refractivity contribution is 6.04. The van der Waals surface area contributed by atoms with Crippen LogP contribution in [-0.4, -0.2) is 35.8 Å². The minimum atomic E-state index is -0.727. The van der Waals surface area contributed by atoms with Crippen LogP contribution in [0.2, 0.25) is 0 Å². The fourth-order valence-corrected chi connectivity index (χ4v) is 3.80. The first-order valence-electron chi connectivity index (χ1n) is 10.2. The number of aryl methyl sites for hydroxylation is 1. The topological polar surface area (TPSA) is 98.7 Å². The summed E-state index contributed by atoms with van der Waals surface area (Å²) in [4.78, 5) is 37.9. The summed E-state index contributed by atoms with van der Waals surface area (Å²) in [5, 5.41) is 6.11. The first kappa shape index (κ1) is 21.2. The summed E-state index contributed by atoms with van der Waals surface area (Å²) in [5.41, 5.74) is 2.40. The van der Waals surface area contributed by atoms with Gasteiger partial charge in [-0.05, 0) is 18.6 Å². The summed E-state index contributed by atoms with van der Waals surface area (Å²) in [6, 6.07) is 15.3. The SMILES string of the molecule is CCOC(=O)C1=C(COC(=O)c2cn(C)c3ccccc23)NC(=O)N[C@@H]1c1ccccc1. The van der Waals surface area contributed by atoms with E-state index < -0.39 is 24.0 Å². The number of nitrogens with one attached hydrogen (secondary N) is 2. The molecular weight excluding hydrogens is 410 g/mol. The van der Waals surface area contributed by atoms with Gasteiger partial charge in [-0.1, -0.05) is 48.5 Å². The molecule has 3 aromatic rings. The van der Waals surface area contributed by atoms with E-state index in [9.17, 15) is 14.4 Å². The average molecular weight is 433 g/mol. The van der Waals surface area contributed by atoms with Gasteiger partial charge in [0.15, 0.2) is 0 Å². The van der Waals surface area contributed by atoms with Gasteiger partial charge in [0.05, 0.1) is 29.5 Å². The Labute approximate surface area is 184 Å². The number of hydrogen-bond donors (Lipinski definition) is 2. The number of aromatic nitrogens is 1. The van der Waals surface area contributed by atoms with Gasteiger partial charge in [-0.3, -0.25) is 0 Å². The number of fused-ring (bicyclic) bond motifs is 1. The second kappa shape index (κ2) is 8.97. The predicted octanol–water partition coefficient (Wildman–Crippen LogP) is 3.21. The maximum atomic E-state index is 12.8. The molecule has 0 spiro atoms. The van der Waals surface area contributed by atoms with Crippen LogP contribution < -0.4 is 10.6 Å². The first-order valence-corrected chi connectivity index (χ1v) is 10.2. The van der Waals surface area contributed by atoms with E-state index in [0.29, 0.717) is 11.1 Å². The second-order valence-electron chi connectivity index (χ2n) is 7.30. The van der Waals surface area contributed by atoms with Crippen molar-refractivity contribution in [2.24, 2.45) is 7.05 Å². The summed E-state index contributed by atoms with van der Waals surface area (Å²) < 4.78 is 12.6. The molecule has 2 N–H and O–H groups in total. The number of carbonyl (C=O) groups is 3. The van der Waals surface area contributed by atoms with Crippen LogP contribution in [0.5, 0.6) is 0 Å². The molecule has 1 aromatic heterocycles. The zero-order valence-corrected chi connectivity index (χ0v) is 17.8. The molecule has 2 aromatic carbocycles. The lowest BCUT2D eigenvalue weighted by molar-refractivity contribution is -0.139. The third kappa shape index (κ3) is 4.07. The van der Waals surface area contributed by atoms with Gasteiger partial charge in [-0.2, -0.15) is 0 Å². The number of carbonyl (C=O) groups excluding carboxylic acids is 3. The maximum absolute atomic E-state index is 12.8. The van der Waals surface area contributed by atoms with Crippen molar-refractivity contribution in [2.45, 2.75) is 13.0 Å². The number of amides is 2. The van der Waals surface area contributed by atoms with Gasteiger partial charge in [-0.25, -0.2) is 14.4 Å². The number of urea groups is 1. The minimum Gasteiger partial charge on any atom is -0.463 e. The van der Waals surface area contributed by atoms with Gasteiger partial charge in [-0.15, -0.1) is 0 Å². The molecule has 0 fully saturated rings. The van der Waals surface area contributed by atoms with E-state index in [2.05, 4.69) is 10.6 Å². The Morgan fingerprint density at radius 3 is 2.47 bits per heavy atom. The van der Waals surface area contributed by atoms with Crippen LogP contribution in [0.25, 0.3) is 10.9 Å². The Balaban J connectivity index is 1.66. The molecule has 0 saturated carbocycles. The van der Waals surface area contributed by atoms with Crippen molar-refractivity contribution in [2.75, 3.05) is 13.2 Å². The van der Waals surface area contributed by atoms with Gasteiger partial charge in [0.2, 0.25) is 0 Å². The second-order valence-corrected chi connectivity index (χ2v) is 7.30. The van der Waals surface area contributed by atoms with Crippen LogP contribution in [0, 0.1) is 0 Å². The van der Waals surface area contributed by atoms with Crippen molar-refractivity contribution in [3.63, 3.8) is 0 Å². The number of esters is 2. The molecule has 1 aliphatic rings. The molecule has 1 atom stereocenters. The molecule has 0 radical (unpaired) electrons. The lowest BCUT2D eigenvalue weighted by Gasteiger charge is -2.29. The molecule has 4 rings (SSSR count). The largest absolute Gasteiger partial charge is 0.463 e. The van der Waals surface area contributed by atoms with Gasteiger partial charge in [0.1, 0.15) is 6.61 Å². The summed E-state index contributed by atoms with van der Waals surface area (Å²) in [5.74, 6) is -1.15. The molecular formula is C24H23N3O5. The fourth-order valence-electron chi connectivity index (χ4n) is 3.80. The smallest absolute Gasteiger partial charge is 0.340 e. The third-order valence-electron chi connectivity index (χ3n) is 5.25. The number of benzene rings is 2. The predicted molar refractivity (Wildman–Crippen MR) is 118 cm³/mol. The highest BCUT2D eigenvalue weighted by Gasteiger charge is 2.34. The van der Waals surface area contributed by atoms with Crippen LogP contribution in [0.4, 0.5) is 4.79 Å². The molecule has 0 bridgehead atoms. The first-order chi connectivity index (χ1) is 15.5. The number of hydrogen-bond acceptors (Lipinski definition) is 5. The summed E-state index contributed by atoms with van der Waals surface area (Å²) in [6.07, 6.45) is 1.70. The maximum Gasteiger partial charge on any atom is 0.340 e. The minimum absolute atomic E-state index is 0.168. The standard InChI is InChI=1S/C24H23N3O5/c1-3-31-23(29)20-18(25-24(30)26-21(20)15-9-5-4-6-10-15)14-32-22(28)17-13-27(2)19-12-8-7-11-16(17)19/h4-13,21H,3,14H2,1-2H3,(H2,25,26,30)/t21-/m1/s1. The average Bonchev–Trinajstić information content (AvgIpc) is 3.14. The number of nitrogens with zero attached hydrogens (tertiary/aromatic N) is 1. The zero-order valence-electron chi connectivity index (χ0n) is 17.8. The van der Waals surface area contributed by atoms with E-state index in [0.717, 1.165) is 10.9 Å². The van der Waals surface area contributed by atoms with Gasteiger partial charge >= 0.3 is 18.0 Å². The summed E-state index contributed by atoms with van der Waals surface area (Å²) >= 11 is 0. The molecule has 32 heavy (non-hydrogen) atoms. The van der Waals surface area contributed by atoms with Crippen LogP contribution in [0.15, 0.2) is 72.1 Å². The molecule has 2 amide bonds. The van der Waals surface area contributed by atoms with Crippen LogP contribution >= 0.6 is 0 Å². The number of ether oxygens (including phenoxy) is 2. The lowest BCUT2D eigenvalue weighted by atomic mass is 9.95. The van der Waals surface area contributed by atoms with Crippen molar-refractivity contribution >= 4 is 28.9 Å². The van der Waals surface area contributed by atoms with E-state index in [-0.39, 0.29) is 24.5 Å². The van der Waals surface area contributed by atoms with E-state index in [4.69, 9.17) is 9.47 Å². The van der Waals surface area contributed by atoms with Gasteiger partial charge in [0, 0.05) is 24.1 Å². The molecule has 0 saturated heterocycles. The summed E-state index contributed by atoms with van der Waals surface area (Å²) in [7, 11) is 1.85. The van der Waals surface area contributed by atoms with Crippen molar-refractivity contribution in [3.05, 3.63) is 83.2 Å². The van der Waals surface area contributed by atoms with E-state index in [1.807, 2.05) is 54.1 Å². The van der Waals surface area contributed by atoms with Crippen LogP contribution in [0.3, 0.4) is 0 Å². The Kier molecular flexibility index (Phi) is 5.93. The van der Waals surface area contributed by atoms with Crippen molar-refractivity contribution in [1.29, 1.82) is 0 Å². The summed E-state index contributed by atoms with van der Waals surface area (Å²) in [6.45, 7) is 1.58. The van der Waals surface area contributed by atoms with E-state index in [1.165, 1.54) is 0 Å². The normalized spacial score (nSPS) is 15.8. The quantitative estimate of drug-likeness (QED) is 0.582. The van der Waals surface area contributed by atoms with Gasteiger partial charge < -0.3 is 24.7 Å². The van der Waals surface area contributed by atoms with Crippen LogP contribution in [-0.2, 0) is 21.3 Å². The zero-order chi connectivity index (χ0) is 22.7. The van der Waals surface area contributed by atoms with Crippen LogP contribution in [0.1, 0.15) is 28.9 Å². The molecule has 0 aliphatic carbocycles. The highest BCUT2D eigenvalue weighted by atomic mass is 16.5. The van der Waals surface area contributed by atoms with E-state index >= 15 is 0 Å². The highest BCUT2D eigenvalue weighted by Crippen LogP contribution is 2.28. The van der Waals surface area contributed by atoms with Crippen molar-refractivity contribution in [3.8, 4) is 0 Å². The fraction of sp³-hybridized carbons (Fsp3) is 0.208. The Hall–Kier alpha value is -4.07. The monoisotopic (exact) mass is 433 g/mol.